The Hall–Kier alpha value is -3.88. The van der Waals surface area contributed by atoms with Crippen molar-refractivity contribution >= 4 is 21.4 Å². The summed E-state index contributed by atoms with van der Waals surface area (Å²) in [5.41, 5.74) is 2.15. The van der Waals surface area contributed by atoms with Crippen molar-refractivity contribution in [3.63, 3.8) is 0 Å². The van der Waals surface area contributed by atoms with E-state index in [2.05, 4.69) is 19.5 Å². The summed E-state index contributed by atoms with van der Waals surface area (Å²) < 4.78 is 90.8. The number of aliphatic hydroxyl groups excluding tert-OH is 1. The second-order valence-electron chi connectivity index (χ2n) is 10.8. The molecular formula is C31H32F4N2O7S. The van der Waals surface area contributed by atoms with Gasteiger partial charge >= 0.3 is 12.9 Å². The van der Waals surface area contributed by atoms with Crippen LogP contribution in [0.4, 0.5) is 23.2 Å². The third-order valence-electron chi connectivity index (χ3n) is 7.99. The number of nitrogens with one attached hydrogen (secondary N) is 1. The number of anilines is 1. The molecule has 3 aromatic carbocycles. The molecule has 242 valence electrons. The quantitative estimate of drug-likeness (QED) is 0.270. The minimum absolute atomic E-state index is 0.0551. The molecule has 0 aromatic heterocycles. The van der Waals surface area contributed by atoms with Crippen molar-refractivity contribution in [1.29, 1.82) is 0 Å². The summed E-state index contributed by atoms with van der Waals surface area (Å²) in [5, 5.41) is 12.7. The van der Waals surface area contributed by atoms with Crippen LogP contribution in [0.25, 0.3) is 0 Å². The maximum atomic E-state index is 13.5. The third-order valence-corrected chi connectivity index (χ3v) is 9.74. The molecule has 2 aliphatic heterocycles. The Morgan fingerprint density at radius 3 is 2.38 bits per heavy atom. The van der Waals surface area contributed by atoms with E-state index < -0.39 is 47.3 Å². The Balaban J connectivity index is 1.30. The highest BCUT2D eigenvalue weighted by molar-refractivity contribution is 7.91. The highest BCUT2D eigenvalue weighted by atomic mass is 32.2. The zero-order chi connectivity index (χ0) is 32.4. The van der Waals surface area contributed by atoms with Crippen molar-refractivity contribution in [2.45, 2.75) is 55.6 Å². The normalized spacial score (nSPS) is 19.8. The average molecular weight is 653 g/mol. The first-order valence-corrected chi connectivity index (χ1v) is 15.9. The second kappa shape index (κ2) is 13.2. The van der Waals surface area contributed by atoms with E-state index in [4.69, 9.17) is 0 Å². The molecule has 14 heteroatoms. The van der Waals surface area contributed by atoms with Crippen molar-refractivity contribution < 1.29 is 50.1 Å². The Kier molecular flexibility index (Phi) is 9.56. The minimum atomic E-state index is -3.75. The highest BCUT2D eigenvalue weighted by Gasteiger charge is 2.44. The lowest BCUT2D eigenvalue weighted by atomic mass is 9.87. The third kappa shape index (κ3) is 7.51. The van der Waals surface area contributed by atoms with E-state index in [1.54, 1.807) is 30.3 Å². The van der Waals surface area contributed by atoms with Crippen LogP contribution in [-0.2, 0) is 14.6 Å². The van der Waals surface area contributed by atoms with Gasteiger partial charge in [0.05, 0.1) is 35.9 Å². The van der Waals surface area contributed by atoms with Crippen LogP contribution in [0.15, 0.2) is 71.6 Å². The smallest absolute Gasteiger partial charge is 0.395 e. The van der Waals surface area contributed by atoms with Crippen molar-refractivity contribution in [3.8, 4) is 11.5 Å². The number of sulfone groups is 1. The number of nitrogens with zero attached hydrogens (tertiary/aromatic N) is 1. The average Bonchev–Trinajstić information content (AvgIpc) is 3.35. The summed E-state index contributed by atoms with van der Waals surface area (Å²) in [6.07, 6.45) is -2.69. The molecule has 0 aliphatic carbocycles. The van der Waals surface area contributed by atoms with Gasteiger partial charge in [0, 0.05) is 23.7 Å². The van der Waals surface area contributed by atoms with Crippen molar-refractivity contribution in [2.24, 2.45) is 0 Å². The predicted molar refractivity (Wildman–Crippen MR) is 156 cm³/mol. The number of halogens is 4. The van der Waals surface area contributed by atoms with E-state index in [0.29, 0.717) is 30.6 Å². The van der Waals surface area contributed by atoms with Gasteiger partial charge in [0.15, 0.2) is 21.3 Å². The lowest BCUT2D eigenvalue weighted by Gasteiger charge is -2.41. The van der Waals surface area contributed by atoms with Gasteiger partial charge in [-0.15, -0.1) is 8.78 Å². The Morgan fingerprint density at radius 2 is 1.73 bits per heavy atom. The molecule has 5 rings (SSSR count). The Morgan fingerprint density at radius 1 is 1.04 bits per heavy atom. The van der Waals surface area contributed by atoms with Gasteiger partial charge in [0.25, 0.3) is 5.91 Å². The Bertz CT molecular complexity index is 1610. The minimum Gasteiger partial charge on any atom is -0.395 e. The van der Waals surface area contributed by atoms with E-state index in [-0.39, 0.29) is 40.2 Å². The Labute approximate surface area is 257 Å². The van der Waals surface area contributed by atoms with Crippen molar-refractivity contribution in [2.75, 3.05) is 30.4 Å². The monoisotopic (exact) mass is 652 g/mol. The number of ether oxygens (including phenoxy) is 3. The second-order valence-corrected chi connectivity index (χ2v) is 13.1. The zero-order valence-corrected chi connectivity index (χ0v) is 25.0. The van der Waals surface area contributed by atoms with E-state index in [9.17, 15) is 35.9 Å². The van der Waals surface area contributed by atoms with Gasteiger partial charge in [-0.25, -0.2) is 8.42 Å². The number of benzene rings is 3. The summed E-state index contributed by atoms with van der Waals surface area (Å²) in [7, 11) is -3.40. The maximum Gasteiger partial charge on any atom is 0.586 e. The molecule has 1 fully saturated rings. The highest BCUT2D eigenvalue weighted by Crippen LogP contribution is 2.44. The molecular weight excluding hydrogens is 620 g/mol. The molecule has 0 radical (unpaired) electrons. The zero-order valence-electron chi connectivity index (χ0n) is 24.2. The number of carbonyl (C=O) groups is 1. The molecule has 3 atom stereocenters. The van der Waals surface area contributed by atoms with Gasteiger partial charge in [0.2, 0.25) is 0 Å². The molecule has 0 bridgehead atoms. The number of rotatable bonds is 11. The molecule has 0 saturated carbocycles. The number of hydrogen-bond donors (Lipinski definition) is 2. The molecule has 2 aliphatic rings. The van der Waals surface area contributed by atoms with Crippen LogP contribution in [0.3, 0.4) is 0 Å². The molecule has 0 spiro atoms. The number of aliphatic hydroxyl groups is 1. The maximum absolute atomic E-state index is 13.5. The van der Waals surface area contributed by atoms with Crippen LogP contribution in [0.5, 0.6) is 11.5 Å². The fourth-order valence-corrected chi connectivity index (χ4v) is 6.43. The molecule has 45 heavy (non-hydrogen) atoms. The lowest BCUT2D eigenvalue weighted by molar-refractivity contribution is -0.286. The van der Waals surface area contributed by atoms with Crippen LogP contribution < -0.4 is 19.7 Å². The first-order chi connectivity index (χ1) is 21.4. The molecule has 9 nitrogen and oxygen atoms in total. The summed E-state index contributed by atoms with van der Waals surface area (Å²) in [5.74, 6) is -0.843. The van der Waals surface area contributed by atoms with Gasteiger partial charge in [-0.3, -0.25) is 4.79 Å². The van der Waals surface area contributed by atoms with Crippen LogP contribution in [0, 0.1) is 0 Å². The molecule has 1 saturated heterocycles. The van der Waals surface area contributed by atoms with Crippen LogP contribution in [0.2, 0.25) is 0 Å². The first kappa shape index (κ1) is 32.5. The van der Waals surface area contributed by atoms with E-state index in [1.165, 1.54) is 43.3 Å². The number of amides is 1. The van der Waals surface area contributed by atoms with E-state index >= 15 is 0 Å². The SMILES string of the molecule is CCS(=O)(=O)c1ccc([C@H](CO)NC(=O)c2ccc(N3C[C@H](c4ccc5c(c4)OC(F)(F)O5)CCC3COC(F)F)cc2)cc1. The lowest BCUT2D eigenvalue weighted by Crippen LogP contribution is -2.45. The largest absolute Gasteiger partial charge is 0.586 e. The number of alkyl halides is 4. The van der Waals surface area contributed by atoms with Crippen molar-refractivity contribution in [1.82, 2.24) is 5.32 Å². The summed E-state index contributed by atoms with van der Waals surface area (Å²) in [6, 6.07) is 15.8. The van der Waals surface area contributed by atoms with Gasteiger partial charge in [-0.05, 0) is 72.5 Å². The van der Waals surface area contributed by atoms with Crippen LogP contribution >= 0.6 is 0 Å². The molecule has 2 N–H and O–H groups in total. The van der Waals surface area contributed by atoms with Crippen molar-refractivity contribution in [3.05, 3.63) is 83.4 Å². The van der Waals surface area contributed by atoms with Crippen LogP contribution in [0.1, 0.15) is 53.2 Å². The van der Waals surface area contributed by atoms with Gasteiger partial charge in [0.1, 0.15) is 0 Å². The molecule has 1 amide bonds. The summed E-state index contributed by atoms with van der Waals surface area (Å²) >= 11 is 0. The molecule has 2 heterocycles. The first-order valence-electron chi connectivity index (χ1n) is 14.3. The van der Waals surface area contributed by atoms with Gasteiger partial charge in [-0.2, -0.15) is 8.78 Å². The van der Waals surface area contributed by atoms with Gasteiger partial charge < -0.3 is 29.5 Å². The predicted octanol–water partition coefficient (Wildman–Crippen LogP) is 5.26. The molecule has 1 unspecified atom stereocenters. The fourth-order valence-electron chi connectivity index (χ4n) is 5.55. The number of fused-ring (bicyclic) bond motifs is 1. The summed E-state index contributed by atoms with van der Waals surface area (Å²) in [4.78, 5) is 15.1. The van der Waals surface area contributed by atoms with E-state index in [0.717, 1.165) is 5.56 Å². The van der Waals surface area contributed by atoms with E-state index in [1.807, 2.05) is 4.90 Å². The standard InChI is InChI=1S/C31H32F4N2O7S/c1-2-45(40,41)25-12-6-19(7-13-25)26(17-38)36-29(39)20-3-9-23(10-4-20)37-16-22(5-11-24(37)18-42-30(32)33)21-8-14-27-28(15-21)44-31(34,35)43-27/h3-4,6-10,12-15,22,24,26,30,38H,2,5,11,16-18H2,1H3,(H,36,39)/t22-,24?,26+/m1/s1. The molecule has 3 aromatic rings. The summed E-state index contributed by atoms with van der Waals surface area (Å²) in [6.45, 7) is -1.72. The number of carbonyl (C=O) groups excluding carboxylic acids is 1. The fraction of sp³-hybridized carbons (Fsp3) is 0.387. The number of piperidine rings is 1. The van der Waals surface area contributed by atoms with Gasteiger partial charge in [-0.1, -0.05) is 25.1 Å². The van der Waals surface area contributed by atoms with Crippen LogP contribution in [-0.4, -0.2) is 63.9 Å². The number of hydrogen-bond acceptors (Lipinski definition) is 8. The topological polar surface area (TPSA) is 114 Å².